The Labute approximate surface area is 109 Å². The highest BCUT2D eigenvalue weighted by molar-refractivity contribution is 5.86. The van der Waals surface area contributed by atoms with Crippen LogP contribution in [0.25, 0.3) is 16.9 Å². The summed E-state index contributed by atoms with van der Waals surface area (Å²) >= 11 is 0. The first-order chi connectivity index (χ1) is 9.13. The molecule has 0 fully saturated rings. The van der Waals surface area contributed by atoms with Crippen LogP contribution in [0.3, 0.4) is 0 Å². The Morgan fingerprint density at radius 2 is 2.11 bits per heavy atom. The number of hydrogen-bond donors (Lipinski definition) is 1. The number of rotatable bonds is 2. The highest BCUT2D eigenvalue weighted by Gasteiger charge is 2.10. The molecule has 3 aromatic rings. The lowest BCUT2D eigenvalue weighted by Crippen LogP contribution is -1.95. The van der Waals surface area contributed by atoms with Gasteiger partial charge in [-0.2, -0.15) is 5.10 Å². The molecule has 5 heteroatoms. The number of carboxylic acid groups (broad SMARTS) is 1. The van der Waals surface area contributed by atoms with E-state index >= 15 is 0 Å². The molecule has 3 rings (SSSR count). The lowest BCUT2D eigenvalue weighted by atomic mass is 10.1. The minimum absolute atomic E-state index is 0.00566. The zero-order chi connectivity index (χ0) is 13.4. The molecule has 2 aromatic heterocycles. The summed E-state index contributed by atoms with van der Waals surface area (Å²) in [5.41, 5.74) is 3.44. The van der Waals surface area contributed by atoms with E-state index in [-0.39, 0.29) is 5.69 Å². The molecule has 5 nitrogen and oxygen atoms in total. The van der Waals surface area contributed by atoms with E-state index in [4.69, 9.17) is 5.11 Å². The van der Waals surface area contributed by atoms with E-state index in [1.807, 2.05) is 37.3 Å². The average molecular weight is 253 g/mol. The lowest BCUT2D eigenvalue weighted by Gasteiger charge is -2.02. The molecule has 94 valence electrons. The third-order valence-corrected chi connectivity index (χ3v) is 2.85. The monoisotopic (exact) mass is 253 g/mol. The maximum Gasteiger partial charge on any atom is 0.356 e. The summed E-state index contributed by atoms with van der Waals surface area (Å²) in [6.45, 7) is 2.02. The zero-order valence-corrected chi connectivity index (χ0v) is 10.2. The van der Waals surface area contributed by atoms with Gasteiger partial charge in [-0.1, -0.05) is 23.8 Å². The summed E-state index contributed by atoms with van der Waals surface area (Å²) in [6, 6.07) is 11.6. The number of aromatic nitrogens is 3. The molecule has 0 radical (unpaired) electrons. The average Bonchev–Trinajstić information content (AvgIpc) is 2.81. The number of benzene rings is 1. The molecule has 1 N–H and O–H groups in total. The largest absolute Gasteiger partial charge is 0.476 e. The van der Waals surface area contributed by atoms with E-state index in [9.17, 15) is 4.79 Å². The number of carboxylic acids is 1. The van der Waals surface area contributed by atoms with Gasteiger partial charge >= 0.3 is 5.97 Å². The number of fused-ring (bicyclic) bond motifs is 1. The predicted octanol–water partition coefficient (Wildman–Crippen LogP) is 2.40. The van der Waals surface area contributed by atoms with Gasteiger partial charge in [0.1, 0.15) is 0 Å². The smallest absolute Gasteiger partial charge is 0.356 e. The van der Waals surface area contributed by atoms with Gasteiger partial charge in [-0.15, -0.1) is 0 Å². The summed E-state index contributed by atoms with van der Waals surface area (Å²) in [5, 5.41) is 13.3. The standard InChI is InChI=1S/C14H11N3O2/c1-9-3-2-4-10(7-9)11-5-6-13-15-12(14(18)19)8-17(13)16-11/h2-8H,1H3,(H,18,19). The molecule has 0 aliphatic carbocycles. The van der Waals surface area contributed by atoms with E-state index < -0.39 is 5.97 Å². The zero-order valence-electron chi connectivity index (χ0n) is 10.2. The van der Waals surface area contributed by atoms with Crippen LogP contribution in [-0.4, -0.2) is 25.7 Å². The molecule has 19 heavy (non-hydrogen) atoms. The molecule has 0 amide bonds. The van der Waals surface area contributed by atoms with E-state index in [1.165, 1.54) is 10.7 Å². The Bertz CT molecular complexity index is 777. The second-order valence-corrected chi connectivity index (χ2v) is 4.32. The fraction of sp³-hybridized carbons (Fsp3) is 0.0714. The lowest BCUT2D eigenvalue weighted by molar-refractivity contribution is 0.0691. The van der Waals surface area contributed by atoms with E-state index in [0.29, 0.717) is 5.65 Å². The van der Waals surface area contributed by atoms with Crippen molar-refractivity contribution in [3.63, 3.8) is 0 Å². The predicted molar refractivity (Wildman–Crippen MR) is 70.1 cm³/mol. The van der Waals surface area contributed by atoms with Crippen molar-refractivity contribution in [2.75, 3.05) is 0 Å². The Kier molecular flexibility index (Phi) is 2.52. The Hall–Kier alpha value is -2.69. The van der Waals surface area contributed by atoms with Crippen molar-refractivity contribution in [3.8, 4) is 11.3 Å². The molecular formula is C14H11N3O2. The first kappa shape index (κ1) is 11.4. The highest BCUT2D eigenvalue weighted by Crippen LogP contribution is 2.18. The van der Waals surface area contributed by atoms with Crippen LogP contribution in [0.15, 0.2) is 42.6 Å². The van der Waals surface area contributed by atoms with Crippen LogP contribution in [0.1, 0.15) is 16.1 Å². The van der Waals surface area contributed by atoms with Crippen LogP contribution in [0.5, 0.6) is 0 Å². The molecule has 0 atom stereocenters. The fourth-order valence-electron chi connectivity index (χ4n) is 1.94. The topological polar surface area (TPSA) is 67.5 Å². The van der Waals surface area contributed by atoms with Crippen molar-refractivity contribution in [2.45, 2.75) is 6.92 Å². The van der Waals surface area contributed by atoms with Crippen LogP contribution in [0.2, 0.25) is 0 Å². The van der Waals surface area contributed by atoms with E-state index in [0.717, 1.165) is 16.8 Å². The second kappa shape index (κ2) is 4.20. The first-order valence-corrected chi connectivity index (χ1v) is 5.80. The van der Waals surface area contributed by atoms with Crippen LogP contribution in [0, 0.1) is 6.92 Å². The summed E-state index contributed by atoms with van der Waals surface area (Å²) in [6.07, 6.45) is 1.41. The number of carbonyl (C=O) groups is 1. The molecule has 0 aliphatic rings. The van der Waals surface area contributed by atoms with Gasteiger partial charge in [0.15, 0.2) is 11.3 Å². The SMILES string of the molecule is Cc1cccc(-c2ccc3nc(C(=O)O)cn3n2)c1. The van der Waals surface area contributed by atoms with Gasteiger partial charge in [-0.05, 0) is 25.1 Å². The van der Waals surface area contributed by atoms with Crippen molar-refractivity contribution in [1.29, 1.82) is 0 Å². The molecule has 0 saturated carbocycles. The van der Waals surface area contributed by atoms with E-state index in [1.54, 1.807) is 6.07 Å². The number of hydrogen-bond acceptors (Lipinski definition) is 3. The molecule has 2 heterocycles. The molecule has 0 bridgehead atoms. The van der Waals surface area contributed by atoms with Gasteiger partial charge in [0, 0.05) is 5.56 Å². The molecule has 0 spiro atoms. The van der Waals surface area contributed by atoms with Crippen molar-refractivity contribution in [1.82, 2.24) is 14.6 Å². The molecule has 0 aliphatic heterocycles. The minimum Gasteiger partial charge on any atom is -0.476 e. The normalized spacial score (nSPS) is 10.8. The van der Waals surface area contributed by atoms with Crippen LogP contribution < -0.4 is 0 Å². The third kappa shape index (κ3) is 2.06. The van der Waals surface area contributed by atoms with Crippen LogP contribution in [-0.2, 0) is 0 Å². The van der Waals surface area contributed by atoms with Crippen molar-refractivity contribution in [2.24, 2.45) is 0 Å². The quantitative estimate of drug-likeness (QED) is 0.761. The summed E-state index contributed by atoms with van der Waals surface area (Å²) in [4.78, 5) is 14.8. The maximum atomic E-state index is 10.9. The van der Waals surface area contributed by atoms with Gasteiger partial charge in [0.2, 0.25) is 0 Å². The number of aromatic carboxylic acids is 1. The van der Waals surface area contributed by atoms with Crippen molar-refractivity contribution < 1.29 is 9.90 Å². The fourth-order valence-corrected chi connectivity index (χ4v) is 1.94. The van der Waals surface area contributed by atoms with Gasteiger partial charge in [-0.3, -0.25) is 0 Å². The Morgan fingerprint density at radius 1 is 1.26 bits per heavy atom. The highest BCUT2D eigenvalue weighted by atomic mass is 16.4. The third-order valence-electron chi connectivity index (χ3n) is 2.85. The van der Waals surface area contributed by atoms with Gasteiger partial charge < -0.3 is 5.11 Å². The summed E-state index contributed by atoms with van der Waals surface area (Å²) in [5.74, 6) is -1.05. The van der Waals surface area contributed by atoms with E-state index in [2.05, 4.69) is 10.1 Å². The molecule has 1 aromatic carbocycles. The molecule has 0 unspecified atom stereocenters. The maximum absolute atomic E-state index is 10.9. The summed E-state index contributed by atoms with van der Waals surface area (Å²) in [7, 11) is 0. The molecular weight excluding hydrogens is 242 g/mol. The van der Waals surface area contributed by atoms with Crippen molar-refractivity contribution >= 4 is 11.6 Å². The first-order valence-electron chi connectivity index (χ1n) is 5.80. The summed E-state index contributed by atoms with van der Waals surface area (Å²) < 4.78 is 1.49. The number of aryl methyl sites for hydroxylation is 1. The number of imidazole rings is 1. The Balaban J connectivity index is 2.13. The van der Waals surface area contributed by atoms with Gasteiger partial charge in [0.25, 0.3) is 0 Å². The van der Waals surface area contributed by atoms with Crippen molar-refractivity contribution in [3.05, 3.63) is 53.9 Å². The van der Waals surface area contributed by atoms with Gasteiger partial charge in [-0.25, -0.2) is 14.3 Å². The second-order valence-electron chi connectivity index (χ2n) is 4.32. The molecule has 0 saturated heterocycles. The van der Waals surface area contributed by atoms with Gasteiger partial charge in [0.05, 0.1) is 11.9 Å². The van der Waals surface area contributed by atoms with Crippen LogP contribution in [0.4, 0.5) is 0 Å². The minimum atomic E-state index is -1.05. The Morgan fingerprint density at radius 3 is 2.84 bits per heavy atom. The number of nitrogens with zero attached hydrogens (tertiary/aromatic N) is 3. The van der Waals surface area contributed by atoms with Crippen LogP contribution >= 0.6 is 0 Å².